The van der Waals surface area contributed by atoms with Crippen molar-refractivity contribution in [2.45, 2.75) is 13.5 Å². The van der Waals surface area contributed by atoms with Crippen LogP contribution in [0.2, 0.25) is 0 Å². The number of hydrogen-bond acceptors (Lipinski definition) is 2. The van der Waals surface area contributed by atoms with Crippen LogP contribution in [0, 0.1) is 0 Å². The van der Waals surface area contributed by atoms with Crippen LogP contribution in [0.25, 0.3) is 27.9 Å². The summed E-state index contributed by atoms with van der Waals surface area (Å²) >= 11 is 0. The number of nitrogens with zero attached hydrogens (tertiary/aromatic N) is 2. The number of aromatic nitrogens is 2. The SMILES string of the molecule is CCN(Cc1ccccc1)C(=O)/C=C/c1cc2c(cn1)[nH]c1ccccc12. The van der Waals surface area contributed by atoms with E-state index in [9.17, 15) is 4.79 Å². The molecule has 0 saturated carbocycles. The van der Waals surface area contributed by atoms with Gasteiger partial charge < -0.3 is 9.88 Å². The van der Waals surface area contributed by atoms with E-state index in [0.29, 0.717) is 13.1 Å². The molecule has 4 aromatic rings. The fourth-order valence-corrected chi connectivity index (χ4v) is 3.27. The van der Waals surface area contributed by atoms with Gasteiger partial charge in [-0.15, -0.1) is 0 Å². The van der Waals surface area contributed by atoms with Crippen LogP contribution in [0.3, 0.4) is 0 Å². The Balaban J connectivity index is 1.55. The van der Waals surface area contributed by atoms with E-state index in [1.54, 1.807) is 12.2 Å². The van der Waals surface area contributed by atoms with Crippen molar-refractivity contribution in [2.24, 2.45) is 0 Å². The molecule has 0 radical (unpaired) electrons. The van der Waals surface area contributed by atoms with E-state index >= 15 is 0 Å². The highest BCUT2D eigenvalue weighted by Crippen LogP contribution is 2.25. The number of nitrogens with one attached hydrogen (secondary N) is 1. The van der Waals surface area contributed by atoms with Crippen molar-refractivity contribution >= 4 is 33.8 Å². The van der Waals surface area contributed by atoms with Crippen LogP contribution in [0.1, 0.15) is 18.2 Å². The zero-order valence-corrected chi connectivity index (χ0v) is 15.2. The van der Waals surface area contributed by atoms with Gasteiger partial charge in [0.2, 0.25) is 5.91 Å². The van der Waals surface area contributed by atoms with Crippen molar-refractivity contribution < 1.29 is 4.79 Å². The molecule has 4 nitrogen and oxygen atoms in total. The van der Waals surface area contributed by atoms with Crippen LogP contribution in [0.4, 0.5) is 0 Å². The summed E-state index contributed by atoms with van der Waals surface area (Å²) in [6.07, 6.45) is 5.22. The van der Waals surface area contributed by atoms with Gasteiger partial charge >= 0.3 is 0 Å². The summed E-state index contributed by atoms with van der Waals surface area (Å²) in [4.78, 5) is 22.2. The molecular formula is C23H21N3O. The van der Waals surface area contributed by atoms with Gasteiger partial charge in [0.15, 0.2) is 0 Å². The first kappa shape index (κ1) is 17.0. The largest absolute Gasteiger partial charge is 0.353 e. The molecule has 1 amide bonds. The number of carbonyl (C=O) groups excluding carboxylic acids is 1. The molecule has 0 aliphatic carbocycles. The van der Waals surface area contributed by atoms with Crippen molar-refractivity contribution in [1.29, 1.82) is 0 Å². The Morgan fingerprint density at radius 3 is 2.63 bits per heavy atom. The molecule has 0 spiro atoms. The second kappa shape index (κ2) is 7.46. The summed E-state index contributed by atoms with van der Waals surface area (Å²) < 4.78 is 0. The van der Waals surface area contributed by atoms with Gasteiger partial charge in [-0.05, 0) is 30.7 Å². The molecule has 4 rings (SSSR count). The average molecular weight is 355 g/mol. The first-order valence-electron chi connectivity index (χ1n) is 9.12. The molecule has 27 heavy (non-hydrogen) atoms. The van der Waals surface area contributed by atoms with Crippen molar-refractivity contribution in [2.75, 3.05) is 6.54 Å². The van der Waals surface area contributed by atoms with Gasteiger partial charge in [-0.2, -0.15) is 0 Å². The smallest absolute Gasteiger partial charge is 0.246 e. The normalized spacial score (nSPS) is 11.4. The highest BCUT2D eigenvalue weighted by atomic mass is 16.2. The Morgan fingerprint density at radius 1 is 1.04 bits per heavy atom. The van der Waals surface area contributed by atoms with E-state index in [-0.39, 0.29) is 5.91 Å². The minimum atomic E-state index is -0.0119. The minimum absolute atomic E-state index is 0.0119. The predicted molar refractivity (Wildman–Crippen MR) is 110 cm³/mol. The van der Waals surface area contributed by atoms with Gasteiger partial charge in [0.1, 0.15) is 0 Å². The van der Waals surface area contributed by atoms with Gasteiger partial charge in [0.05, 0.1) is 17.4 Å². The summed E-state index contributed by atoms with van der Waals surface area (Å²) in [5.74, 6) is -0.0119. The lowest BCUT2D eigenvalue weighted by Gasteiger charge is -2.19. The molecule has 2 aromatic carbocycles. The number of carbonyl (C=O) groups is 1. The van der Waals surface area contributed by atoms with Crippen LogP contribution >= 0.6 is 0 Å². The zero-order chi connectivity index (χ0) is 18.6. The number of amides is 1. The van der Waals surface area contributed by atoms with Crippen molar-refractivity contribution in [3.63, 3.8) is 0 Å². The maximum atomic E-state index is 12.6. The molecule has 0 bridgehead atoms. The van der Waals surface area contributed by atoms with E-state index in [4.69, 9.17) is 0 Å². The molecule has 0 aliphatic rings. The molecule has 0 saturated heterocycles. The lowest BCUT2D eigenvalue weighted by atomic mass is 10.1. The number of para-hydroxylation sites is 1. The second-order valence-corrected chi connectivity index (χ2v) is 6.50. The quantitative estimate of drug-likeness (QED) is 0.524. The van der Waals surface area contributed by atoms with E-state index in [1.807, 2.05) is 66.6 Å². The van der Waals surface area contributed by atoms with Crippen LogP contribution < -0.4 is 0 Å². The molecule has 1 N–H and O–H groups in total. The van der Waals surface area contributed by atoms with Gasteiger partial charge in [0.25, 0.3) is 0 Å². The van der Waals surface area contributed by atoms with E-state index < -0.39 is 0 Å². The number of hydrogen-bond donors (Lipinski definition) is 1. The predicted octanol–water partition coefficient (Wildman–Crippen LogP) is 4.78. The van der Waals surface area contributed by atoms with Crippen molar-refractivity contribution in [3.05, 3.63) is 84.2 Å². The van der Waals surface area contributed by atoms with Gasteiger partial charge in [-0.1, -0.05) is 48.5 Å². The lowest BCUT2D eigenvalue weighted by molar-refractivity contribution is -0.126. The van der Waals surface area contributed by atoms with Crippen LogP contribution in [0.15, 0.2) is 72.9 Å². The molecule has 2 aromatic heterocycles. The van der Waals surface area contributed by atoms with Crippen LogP contribution in [-0.2, 0) is 11.3 Å². The fraction of sp³-hybridized carbons (Fsp3) is 0.130. The first-order valence-corrected chi connectivity index (χ1v) is 9.12. The van der Waals surface area contributed by atoms with Gasteiger partial charge in [-0.25, -0.2) is 0 Å². The van der Waals surface area contributed by atoms with E-state index in [0.717, 1.165) is 33.1 Å². The topological polar surface area (TPSA) is 49.0 Å². The highest BCUT2D eigenvalue weighted by Gasteiger charge is 2.09. The summed E-state index contributed by atoms with van der Waals surface area (Å²) in [6, 6.07) is 20.2. The third-order valence-electron chi connectivity index (χ3n) is 4.72. The standard InChI is InChI=1S/C23H21N3O/c1-2-26(16-17-8-4-3-5-9-17)23(27)13-12-18-14-20-19-10-6-7-11-21(19)25-22(20)15-24-18/h3-15,25H,2,16H2,1H3/b13-12+. The van der Waals surface area contributed by atoms with E-state index in [2.05, 4.69) is 22.1 Å². The molecule has 0 fully saturated rings. The molecular weight excluding hydrogens is 334 g/mol. The van der Waals surface area contributed by atoms with Crippen LogP contribution in [0.5, 0.6) is 0 Å². The maximum Gasteiger partial charge on any atom is 0.246 e. The zero-order valence-electron chi connectivity index (χ0n) is 15.2. The summed E-state index contributed by atoms with van der Waals surface area (Å²) in [5, 5.41) is 2.28. The Morgan fingerprint density at radius 2 is 1.81 bits per heavy atom. The third-order valence-corrected chi connectivity index (χ3v) is 4.72. The highest BCUT2D eigenvalue weighted by molar-refractivity contribution is 6.07. The van der Waals surface area contributed by atoms with Crippen molar-refractivity contribution in [3.8, 4) is 0 Å². The summed E-state index contributed by atoms with van der Waals surface area (Å²) in [6.45, 7) is 3.26. The molecule has 4 heteroatoms. The number of pyridine rings is 1. The molecule has 0 unspecified atom stereocenters. The first-order chi connectivity index (χ1) is 13.2. The van der Waals surface area contributed by atoms with Crippen molar-refractivity contribution in [1.82, 2.24) is 14.9 Å². The number of rotatable bonds is 5. The number of aromatic amines is 1. The maximum absolute atomic E-state index is 12.6. The fourth-order valence-electron chi connectivity index (χ4n) is 3.27. The number of H-pyrrole nitrogens is 1. The second-order valence-electron chi connectivity index (χ2n) is 6.50. The number of benzene rings is 2. The summed E-state index contributed by atoms with van der Waals surface area (Å²) in [5.41, 5.74) is 3.99. The van der Waals surface area contributed by atoms with Gasteiger partial charge in [-0.3, -0.25) is 9.78 Å². The Labute approximate surface area is 158 Å². The molecule has 134 valence electrons. The Kier molecular flexibility index (Phi) is 4.71. The van der Waals surface area contributed by atoms with E-state index in [1.165, 1.54) is 0 Å². The molecule has 0 atom stereocenters. The molecule has 2 heterocycles. The minimum Gasteiger partial charge on any atom is -0.353 e. The number of fused-ring (bicyclic) bond motifs is 3. The monoisotopic (exact) mass is 355 g/mol. The van der Waals surface area contributed by atoms with Crippen LogP contribution in [-0.4, -0.2) is 27.3 Å². The Bertz CT molecular complexity index is 1110. The van der Waals surface area contributed by atoms with Gasteiger partial charge in [0, 0.05) is 35.5 Å². The number of likely N-dealkylation sites (N-methyl/N-ethyl adjacent to an activating group) is 1. The summed E-state index contributed by atoms with van der Waals surface area (Å²) in [7, 11) is 0. The third kappa shape index (κ3) is 3.60. The molecule has 0 aliphatic heterocycles. The average Bonchev–Trinajstić information content (AvgIpc) is 3.09. The lowest BCUT2D eigenvalue weighted by Crippen LogP contribution is -2.28. The Hall–Kier alpha value is -3.40.